The number of hydrogen-bond donors (Lipinski definition) is 1. The van der Waals surface area contributed by atoms with Gasteiger partial charge in [-0.15, -0.1) is 0 Å². The van der Waals surface area contributed by atoms with Crippen LogP contribution in [0.2, 0.25) is 0 Å². The van der Waals surface area contributed by atoms with Crippen LogP contribution in [-0.4, -0.2) is 12.6 Å². The van der Waals surface area contributed by atoms with Crippen molar-refractivity contribution < 1.29 is 0 Å². The van der Waals surface area contributed by atoms with Crippen LogP contribution in [-0.2, 0) is 0 Å². The Balaban J connectivity index is 2.60. The molecule has 0 bridgehead atoms. The smallest absolute Gasteiger partial charge is 0.0100 e. The minimum Gasteiger partial charge on any atom is -0.314 e. The molecule has 1 N–H and O–H groups in total. The maximum atomic E-state index is 3.71. The van der Waals surface area contributed by atoms with Crippen molar-refractivity contribution >= 4 is 0 Å². The van der Waals surface area contributed by atoms with E-state index in [0.717, 1.165) is 30.3 Å². The van der Waals surface area contributed by atoms with E-state index in [4.69, 9.17) is 0 Å². The zero-order valence-corrected chi connectivity index (χ0v) is 11.1. The highest BCUT2D eigenvalue weighted by atomic mass is 14.9. The second-order valence-electron chi connectivity index (χ2n) is 5.42. The molecule has 0 spiro atoms. The van der Waals surface area contributed by atoms with E-state index in [2.05, 4.69) is 33.0 Å². The third-order valence-corrected chi connectivity index (χ3v) is 4.16. The zero-order chi connectivity index (χ0) is 11.3. The summed E-state index contributed by atoms with van der Waals surface area (Å²) in [6.07, 6.45) is 7.01. The van der Waals surface area contributed by atoms with Crippen LogP contribution in [0.5, 0.6) is 0 Å². The molecule has 0 saturated heterocycles. The molecule has 1 rings (SSSR count). The Bertz CT molecular complexity index is 151. The third-order valence-electron chi connectivity index (χ3n) is 4.16. The highest BCUT2D eigenvalue weighted by Gasteiger charge is 2.32. The Labute approximate surface area is 96.0 Å². The molecule has 1 heteroatoms. The van der Waals surface area contributed by atoms with Gasteiger partial charge in [0.2, 0.25) is 0 Å². The van der Waals surface area contributed by atoms with Gasteiger partial charge in [-0.3, -0.25) is 0 Å². The van der Waals surface area contributed by atoms with Gasteiger partial charge in [0.1, 0.15) is 0 Å². The molecule has 0 aliphatic heterocycles. The summed E-state index contributed by atoms with van der Waals surface area (Å²) in [6, 6.07) is 0.769. The molecule has 1 fully saturated rings. The second kappa shape index (κ2) is 6.52. The molecule has 1 aliphatic rings. The van der Waals surface area contributed by atoms with Gasteiger partial charge < -0.3 is 5.32 Å². The summed E-state index contributed by atoms with van der Waals surface area (Å²) in [6.45, 7) is 10.6. The minimum absolute atomic E-state index is 0.769. The maximum absolute atomic E-state index is 3.71. The number of nitrogens with one attached hydrogen (secondary N) is 1. The summed E-state index contributed by atoms with van der Waals surface area (Å²) in [5.74, 6) is 2.76. The van der Waals surface area contributed by atoms with E-state index in [1.165, 1.54) is 32.1 Å². The first-order valence-electron chi connectivity index (χ1n) is 6.94. The molecule has 1 nitrogen and oxygen atoms in total. The first-order chi connectivity index (χ1) is 7.20. The van der Waals surface area contributed by atoms with Crippen LogP contribution in [0.1, 0.15) is 59.8 Å². The van der Waals surface area contributed by atoms with Crippen molar-refractivity contribution in [2.75, 3.05) is 6.54 Å². The first kappa shape index (κ1) is 13.0. The predicted molar refractivity (Wildman–Crippen MR) is 68.0 cm³/mol. The van der Waals surface area contributed by atoms with Crippen molar-refractivity contribution in [3.8, 4) is 0 Å². The molecule has 0 aromatic heterocycles. The maximum Gasteiger partial charge on any atom is 0.0100 e. The Kier molecular flexibility index (Phi) is 5.66. The standard InChI is InChI=1S/C14H29N/c1-5-8-13(15-6-2)14-11(3)9-7-10-12(14)4/h11-15H,5-10H2,1-4H3. The lowest BCUT2D eigenvalue weighted by atomic mass is 9.69. The minimum atomic E-state index is 0.769. The molecule has 0 radical (unpaired) electrons. The SMILES string of the molecule is CCCC(NCC)C1C(C)CCCC1C. The van der Waals surface area contributed by atoms with Gasteiger partial charge in [-0.2, -0.15) is 0 Å². The van der Waals surface area contributed by atoms with E-state index >= 15 is 0 Å². The Hall–Kier alpha value is -0.0400. The van der Waals surface area contributed by atoms with Gasteiger partial charge in [0.05, 0.1) is 0 Å². The van der Waals surface area contributed by atoms with Crippen LogP contribution in [0.4, 0.5) is 0 Å². The summed E-state index contributed by atoms with van der Waals surface area (Å²) in [5.41, 5.74) is 0. The lowest BCUT2D eigenvalue weighted by Gasteiger charge is -2.40. The van der Waals surface area contributed by atoms with Crippen molar-refractivity contribution in [3.63, 3.8) is 0 Å². The highest BCUT2D eigenvalue weighted by molar-refractivity contribution is 4.86. The highest BCUT2D eigenvalue weighted by Crippen LogP contribution is 2.37. The van der Waals surface area contributed by atoms with E-state index in [0.29, 0.717) is 0 Å². The first-order valence-corrected chi connectivity index (χ1v) is 6.94. The summed E-state index contributed by atoms with van der Waals surface area (Å²) >= 11 is 0. The van der Waals surface area contributed by atoms with Gasteiger partial charge in [0.15, 0.2) is 0 Å². The van der Waals surface area contributed by atoms with Gasteiger partial charge in [-0.25, -0.2) is 0 Å². The van der Waals surface area contributed by atoms with Crippen molar-refractivity contribution in [2.24, 2.45) is 17.8 Å². The molecule has 3 atom stereocenters. The van der Waals surface area contributed by atoms with E-state index in [-0.39, 0.29) is 0 Å². The van der Waals surface area contributed by atoms with E-state index in [1.807, 2.05) is 0 Å². The van der Waals surface area contributed by atoms with Gasteiger partial charge in [0, 0.05) is 6.04 Å². The Morgan fingerprint density at radius 1 is 1.13 bits per heavy atom. The van der Waals surface area contributed by atoms with Crippen LogP contribution in [0, 0.1) is 17.8 Å². The zero-order valence-electron chi connectivity index (χ0n) is 11.1. The molecular weight excluding hydrogens is 182 g/mol. The summed E-state index contributed by atoms with van der Waals surface area (Å²) in [5, 5.41) is 3.71. The van der Waals surface area contributed by atoms with Crippen molar-refractivity contribution in [1.82, 2.24) is 5.32 Å². The van der Waals surface area contributed by atoms with E-state index < -0.39 is 0 Å². The number of hydrogen-bond acceptors (Lipinski definition) is 1. The number of rotatable bonds is 5. The van der Waals surface area contributed by atoms with Crippen LogP contribution in [0.25, 0.3) is 0 Å². The molecule has 1 saturated carbocycles. The molecular formula is C14H29N. The monoisotopic (exact) mass is 211 g/mol. The van der Waals surface area contributed by atoms with E-state index in [9.17, 15) is 0 Å². The van der Waals surface area contributed by atoms with Crippen LogP contribution in [0.3, 0.4) is 0 Å². The average Bonchev–Trinajstić information content (AvgIpc) is 2.18. The molecule has 0 aromatic carbocycles. The van der Waals surface area contributed by atoms with Gasteiger partial charge >= 0.3 is 0 Å². The fraction of sp³-hybridized carbons (Fsp3) is 1.00. The fourth-order valence-corrected chi connectivity index (χ4v) is 3.50. The normalized spacial score (nSPS) is 34.0. The molecule has 1 aliphatic carbocycles. The Morgan fingerprint density at radius 2 is 1.73 bits per heavy atom. The van der Waals surface area contributed by atoms with Crippen molar-refractivity contribution in [3.05, 3.63) is 0 Å². The largest absolute Gasteiger partial charge is 0.314 e. The van der Waals surface area contributed by atoms with Crippen molar-refractivity contribution in [2.45, 2.75) is 65.8 Å². The van der Waals surface area contributed by atoms with Crippen LogP contribution >= 0.6 is 0 Å². The summed E-state index contributed by atoms with van der Waals surface area (Å²) in [4.78, 5) is 0. The van der Waals surface area contributed by atoms with Gasteiger partial charge in [0.25, 0.3) is 0 Å². The summed E-state index contributed by atoms with van der Waals surface area (Å²) in [7, 11) is 0. The lowest BCUT2D eigenvalue weighted by molar-refractivity contribution is 0.126. The predicted octanol–water partition coefficient (Wildman–Crippen LogP) is 3.84. The molecule has 0 aromatic rings. The van der Waals surface area contributed by atoms with Gasteiger partial charge in [-0.05, 0) is 30.7 Å². The second-order valence-corrected chi connectivity index (χ2v) is 5.42. The topological polar surface area (TPSA) is 12.0 Å². The molecule has 0 amide bonds. The average molecular weight is 211 g/mol. The summed E-state index contributed by atoms with van der Waals surface area (Å²) < 4.78 is 0. The van der Waals surface area contributed by atoms with Crippen LogP contribution < -0.4 is 5.32 Å². The van der Waals surface area contributed by atoms with Gasteiger partial charge in [-0.1, -0.05) is 53.4 Å². The van der Waals surface area contributed by atoms with E-state index in [1.54, 1.807) is 0 Å². The quantitative estimate of drug-likeness (QED) is 0.728. The molecule has 90 valence electrons. The lowest BCUT2D eigenvalue weighted by Crippen LogP contribution is -2.43. The third kappa shape index (κ3) is 3.48. The molecule has 15 heavy (non-hydrogen) atoms. The molecule has 3 unspecified atom stereocenters. The van der Waals surface area contributed by atoms with Crippen molar-refractivity contribution in [1.29, 1.82) is 0 Å². The fourth-order valence-electron chi connectivity index (χ4n) is 3.50. The van der Waals surface area contributed by atoms with Crippen LogP contribution in [0.15, 0.2) is 0 Å². The molecule has 0 heterocycles. The Morgan fingerprint density at radius 3 is 2.20 bits per heavy atom.